The van der Waals surface area contributed by atoms with Crippen LogP contribution in [0.5, 0.6) is 0 Å². The first-order chi connectivity index (χ1) is 24.8. The largest absolute Gasteiger partial charge is 0.454 e. The average Bonchev–Trinajstić information content (AvgIpc) is 3.58. The second-order valence-electron chi connectivity index (χ2n) is 12.7. The van der Waals surface area contributed by atoms with Crippen molar-refractivity contribution in [3.63, 3.8) is 0 Å². The Balaban J connectivity index is 1.16. The van der Waals surface area contributed by atoms with Crippen LogP contribution in [0.3, 0.4) is 0 Å². The van der Waals surface area contributed by atoms with E-state index in [0.29, 0.717) is 0 Å². The van der Waals surface area contributed by atoms with E-state index in [2.05, 4.69) is 163 Å². The van der Waals surface area contributed by atoms with Crippen molar-refractivity contribution in [1.82, 2.24) is 4.98 Å². The van der Waals surface area contributed by atoms with Crippen molar-refractivity contribution in [2.24, 2.45) is 0 Å². The Labute approximate surface area is 289 Å². The number of furan rings is 1. The average molecular weight is 639 g/mol. The van der Waals surface area contributed by atoms with Gasteiger partial charge in [0.1, 0.15) is 11.1 Å². The van der Waals surface area contributed by atoms with Crippen molar-refractivity contribution in [1.29, 1.82) is 0 Å². The summed E-state index contributed by atoms with van der Waals surface area (Å²) >= 11 is 0. The quantitative estimate of drug-likeness (QED) is 0.176. The molecule has 0 spiro atoms. The van der Waals surface area contributed by atoms with Crippen LogP contribution in [0.1, 0.15) is 0 Å². The molecule has 234 valence electrons. The summed E-state index contributed by atoms with van der Waals surface area (Å²) in [4.78, 5) is 7.13. The van der Waals surface area contributed by atoms with E-state index in [1.165, 1.54) is 49.0 Å². The van der Waals surface area contributed by atoms with E-state index in [1.54, 1.807) is 0 Å². The molecule has 10 rings (SSSR count). The molecule has 0 aliphatic carbocycles. The van der Waals surface area contributed by atoms with Gasteiger partial charge in [-0.15, -0.1) is 0 Å². The van der Waals surface area contributed by atoms with Crippen LogP contribution in [0.25, 0.3) is 76.6 Å². The Bertz CT molecular complexity index is 2820. The van der Waals surface area contributed by atoms with Crippen LogP contribution in [0.4, 0.5) is 17.1 Å². The van der Waals surface area contributed by atoms with Gasteiger partial charge < -0.3 is 9.32 Å². The minimum atomic E-state index is 0.778. The Kier molecular flexibility index (Phi) is 6.49. The third-order valence-electron chi connectivity index (χ3n) is 9.91. The molecule has 0 radical (unpaired) electrons. The number of hydrogen-bond donors (Lipinski definition) is 0. The van der Waals surface area contributed by atoms with Gasteiger partial charge in [-0.1, -0.05) is 127 Å². The summed E-state index contributed by atoms with van der Waals surface area (Å²) in [6, 6.07) is 62.7. The molecule has 0 atom stereocenters. The fraction of sp³-hybridized carbons (Fsp3) is 0. The van der Waals surface area contributed by atoms with Gasteiger partial charge in [-0.2, -0.15) is 0 Å². The fourth-order valence-corrected chi connectivity index (χ4v) is 7.56. The Morgan fingerprint density at radius 3 is 1.56 bits per heavy atom. The van der Waals surface area contributed by atoms with Gasteiger partial charge in [0.05, 0.1) is 11.1 Å². The zero-order valence-electron chi connectivity index (χ0n) is 27.1. The first kappa shape index (κ1) is 28.3. The Morgan fingerprint density at radius 1 is 0.380 bits per heavy atom. The zero-order chi connectivity index (χ0) is 33.0. The van der Waals surface area contributed by atoms with Gasteiger partial charge in [0.25, 0.3) is 0 Å². The lowest BCUT2D eigenvalue weighted by Gasteiger charge is -2.27. The van der Waals surface area contributed by atoms with Crippen LogP contribution >= 0.6 is 0 Å². The summed E-state index contributed by atoms with van der Waals surface area (Å²) in [5.41, 5.74) is 10.4. The van der Waals surface area contributed by atoms with Gasteiger partial charge in [-0.3, -0.25) is 4.98 Å². The van der Waals surface area contributed by atoms with Crippen molar-refractivity contribution >= 4 is 71.4 Å². The Morgan fingerprint density at radius 2 is 0.900 bits per heavy atom. The predicted octanol–water partition coefficient (Wildman–Crippen LogP) is 13.2. The highest BCUT2D eigenvalue weighted by molar-refractivity contribution is 6.26. The van der Waals surface area contributed by atoms with Crippen molar-refractivity contribution in [3.05, 3.63) is 182 Å². The third kappa shape index (κ3) is 4.56. The maximum Gasteiger partial charge on any atom is 0.153 e. The molecule has 0 aliphatic heterocycles. The lowest BCUT2D eigenvalue weighted by atomic mass is 9.94. The molecule has 0 bridgehead atoms. The monoisotopic (exact) mass is 638 g/mol. The topological polar surface area (TPSA) is 29.3 Å². The highest BCUT2D eigenvalue weighted by atomic mass is 16.3. The number of rotatable bonds is 5. The van der Waals surface area contributed by atoms with Crippen LogP contribution < -0.4 is 4.90 Å². The normalized spacial score (nSPS) is 11.6. The zero-order valence-corrected chi connectivity index (χ0v) is 27.1. The van der Waals surface area contributed by atoms with Gasteiger partial charge in [-0.05, 0) is 103 Å². The third-order valence-corrected chi connectivity index (χ3v) is 9.91. The first-order valence-electron chi connectivity index (χ1n) is 17.0. The van der Waals surface area contributed by atoms with Gasteiger partial charge in [0.2, 0.25) is 0 Å². The van der Waals surface area contributed by atoms with Gasteiger partial charge in [-0.25, -0.2) is 0 Å². The molecule has 0 unspecified atom stereocenters. The van der Waals surface area contributed by atoms with Crippen molar-refractivity contribution in [2.45, 2.75) is 0 Å². The molecule has 2 heterocycles. The highest BCUT2D eigenvalue weighted by Gasteiger charge is 2.21. The summed E-state index contributed by atoms with van der Waals surface area (Å²) < 4.78 is 6.32. The molecule has 10 aromatic rings. The molecule has 0 amide bonds. The van der Waals surface area contributed by atoms with E-state index in [1.807, 2.05) is 24.4 Å². The fourth-order valence-electron chi connectivity index (χ4n) is 7.56. The second kappa shape index (κ2) is 11.5. The minimum Gasteiger partial charge on any atom is -0.454 e. The van der Waals surface area contributed by atoms with Crippen LogP contribution in [-0.2, 0) is 0 Å². The standard InChI is InChI=1S/C47H30N2O/c1-2-10-31(11-3-1)32-19-21-33(22-20-32)34-23-25-35(26-24-34)49(43-16-8-17-44-46(43)47-45(50-44)18-9-29-48-47)36-27-28-41-39-14-5-4-12-37(39)38-13-6-7-15-40(38)42(41)30-36/h1-30H. The molecule has 8 aromatic carbocycles. The van der Waals surface area contributed by atoms with Crippen LogP contribution in [-0.4, -0.2) is 4.98 Å². The molecule has 0 N–H and O–H groups in total. The maximum atomic E-state index is 6.32. The van der Waals surface area contributed by atoms with Crippen molar-refractivity contribution in [3.8, 4) is 22.3 Å². The summed E-state index contributed by atoms with van der Waals surface area (Å²) in [7, 11) is 0. The molecular weight excluding hydrogens is 609 g/mol. The van der Waals surface area contributed by atoms with Crippen molar-refractivity contribution < 1.29 is 4.42 Å². The second-order valence-corrected chi connectivity index (χ2v) is 12.7. The molecule has 3 heteroatoms. The number of fused-ring (bicyclic) bond motifs is 9. The van der Waals surface area contributed by atoms with Gasteiger partial charge in [0.15, 0.2) is 5.58 Å². The molecule has 0 saturated heterocycles. The van der Waals surface area contributed by atoms with Gasteiger partial charge in [0, 0.05) is 17.6 Å². The minimum absolute atomic E-state index is 0.778. The number of hydrogen-bond acceptors (Lipinski definition) is 3. The van der Waals surface area contributed by atoms with Crippen LogP contribution in [0.15, 0.2) is 187 Å². The summed E-state index contributed by atoms with van der Waals surface area (Å²) in [5, 5.41) is 8.49. The molecule has 0 fully saturated rings. The van der Waals surface area contributed by atoms with Crippen LogP contribution in [0.2, 0.25) is 0 Å². The van der Waals surface area contributed by atoms with E-state index in [0.717, 1.165) is 44.7 Å². The molecule has 2 aromatic heterocycles. The number of nitrogens with zero attached hydrogens (tertiary/aromatic N) is 2. The SMILES string of the molecule is c1ccc(-c2ccc(-c3ccc(N(c4ccc5c6ccccc6c6ccccc6c5c4)c4cccc5oc6cccnc6c45)cc3)cc2)cc1. The molecule has 3 nitrogen and oxygen atoms in total. The van der Waals surface area contributed by atoms with Crippen LogP contribution in [0, 0.1) is 0 Å². The number of pyridine rings is 1. The smallest absolute Gasteiger partial charge is 0.153 e. The number of benzene rings is 8. The van der Waals surface area contributed by atoms with Crippen molar-refractivity contribution in [2.75, 3.05) is 4.90 Å². The van der Waals surface area contributed by atoms with E-state index in [9.17, 15) is 0 Å². The van der Waals surface area contributed by atoms with E-state index in [-0.39, 0.29) is 0 Å². The summed E-state index contributed by atoms with van der Waals surface area (Å²) in [5.74, 6) is 0. The maximum absolute atomic E-state index is 6.32. The van der Waals surface area contributed by atoms with Gasteiger partial charge >= 0.3 is 0 Å². The first-order valence-corrected chi connectivity index (χ1v) is 17.0. The summed E-state index contributed by atoms with van der Waals surface area (Å²) in [6.07, 6.45) is 1.84. The molecular formula is C47H30N2O. The van der Waals surface area contributed by atoms with E-state index in [4.69, 9.17) is 9.40 Å². The lowest BCUT2D eigenvalue weighted by Crippen LogP contribution is -2.10. The molecule has 0 saturated carbocycles. The van der Waals surface area contributed by atoms with E-state index < -0.39 is 0 Å². The molecule has 0 aliphatic rings. The Hall–Kier alpha value is -6.71. The lowest BCUT2D eigenvalue weighted by molar-refractivity contribution is 0.668. The molecule has 50 heavy (non-hydrogen) atoms. The summed E-state index contributed by atoms with van der Waals surface area (Å²) in [6.45, 7) is 0. The number of aromatic nitrogens is 1. The van der Waals surface area contributed by atoms with E-state index >= 15 is 0 Å². The highest BCUT2D eigenvalue weighted by Crippen LogP contribution is 2.45. The predicted molar refractivity (Wildman–Crippen MR) is 210 cm³/mol. The number of anilines is 3.